The van der Waals surface area contributed by atoms with Gasteiger partial charge in [0.2, 0.25) is 0 Å². The average Bonchev–Trinajstić information content (AvgIpc) is 2.99. The van der Waals surface area contributed by atoms with Crippen LogP contribution in [0, 0.1) is 24.1 Å². The number of hydrogen-bond acceptors (Lipinski definition) is 4. The highest BCUT2D eigenvalue weighted by Gasteiger charge is 2.28. The first-order valence-corrected chi connectivity index (χ1v) is 8.82. The van der Waals surface area contributed by atoms with Crippen LogP contribution in [-0.2, 0) is 11.3 Å². The summed E-state index contributed by atoms with van der Waals surface area (Å²) in [6, 6.07) is 17.1. The molecule has 6 heteroatoms. The van der Waals surface area contributed by atoms with Crippen molar-refractivity contribution in [1.29, 1.82) is 5.26 Å². The van der Waals surface area contributed by atoms with Crippen molar-refractivity contribution in [2.75, 3.05) is 6.61 Å². The van der Waals surface area contributed by atoms with Crippen LogP contribution < -0.4 is 4.74 Å². The molecule has 0 N–H and O–H groups in total. The van der Waals surface area contributed by atoms with Crippen molar-refractivity contribution >= 4 is 5.97 Å². The molecule has 0 aliphatic carbocycles. The molecular weight excluding hydrogens is 359 g/mol. The van der Waals surface area contributed by atoms with E-state index in [2.05, 4.69) is 6.07 Å². The minimum atomic E-state index is -0.574. The molecule has 3 rings (SSSR count). The van der Waals surface area contributed by atoms with E-state index in [4.69, 9.17) is 9.47 Å². The van der Waals surface area contributed by atoms with Gasteiger partial charge in [-0.15, -0.1) is 0 Å². The summed E-state index contributed by atoms with van der Waals surface area (Å²) in [5.74, 6) is -0.682. The Balaban J connectivity index is 2.12. The fourth-order valence-corrected chi connectivity index (χ4v) is 2.97. The number of halogens is 1. The Morgan fingerprint density at radius 1 is 1.14 bits per heavy atom. The number of ether oxygens (including phenoxy) is 2. The molecule has 0 bridgehead atoms. The normalized spacial score (nSPS) is 10.4. The molecule has 142 valence electrons. The van der Waals surface area contributed by atoms with Crippen LogP contribution in [0.1, 0.15) is 34.2 Å². The zero-order valence-electron chi connectivity index (χ0n) is 15.6. The van der Waals surface area contributed by atoms with E-state index >= 15 is 0 Å². The average molecular weight is 378 g/mol. The number of rotatable bonds is 6. The third-order valence-corrected chi connectivity index (χ3v) is 4.24. The molecule has 1 heterocycles. The number of esters is 1. The molecule has 0 aliphatic heterocycles. The number of carbonyl (C=O) groups is 1. The molecule has 3 aromatic rings. The van der Waals surface area contributed by atoms with Gasteiger partial charge in [0.1, 0.15) is 24.2 Å². The third-order valence-electron chi connectivity index (χ3n) is 4.24. The number of carbonyl (C=O) groups excluding carboxylic acids is 1. The molecule has 0 radical (unpaired) electrons. The molecule has 0 atom stereocenters. The smallest absolute Gasteiger partial charge is 0.355 e. The third kappa shape index (κ3) is 3.74. The monoisotopic (exact) mass is 378 g/mol. The Morgan fingerprint density at radius 3 is 2.43 bits per heavy atom. The van der Waals surface area contributed by atoms with Gasteiger partial charge in [-0.25, -0.2) is 9.18 Å². The van der Waals surface area contributed by atoms with E-state index < -0.39 is 11.8 Å². The predicted molar refractivity (Wildman–Crippen MR) is 102 cm³/mol. The molecule has 0 aliphatic rings. The van der Waals surface area contributed by atoms with Gasteiger partial charge in [-0.3, -0.25) is 4.57 Å². The van der Waals surface area contributed by atoms with E-state index in [-0.39, 0.29) is 24.6 Å². The lowest BCUT2D eigenvalue weighted by Crippen LogP contribution is -2.13. The second-order valence-electron chi connectivity index (χ2n) is 6.07. The van der Waals surface area contributed by atoms with Crippen LogP contribution in [0.15, 0.2) is 54.6 Å². The highest BCUT2D eigenvalue weighted by atomic mass is 19.1. The predicted octanol–water partition coefficient (Wildman–Crippen LogP) is 4.55. The van der Waals surface area contributed by atoms with Crippen molar-refractivity contribution in [2.45, 2.75) is 20.5 Å². The minimum absolute atomic E-state index is 0.156. The van der Waals surface area contributed by atoms with Gasteiger partial charge in [0.15, 0.2) is 11.4 Å². The topological polar surface area (TPSA) is 64.2 Å². The van der Waals surface area contributed by atoms with E-state index in [9.17, 15) is 14.4 Å². The SMILES string of the molecule is CCOC(=O)c1c(C)c(OCc2ccccc2)c(C#N)n1-c1ccc(F)cc1. The zero-order chi connectivity index (χ0) is 20.1. The molecule has 0 saturated heterocycles. The summed E-state index contributed by atoms with van der Waals surface area (Å²) in [7, 11) is 0. The largest absolute Gasteiger partial charge is 0.486 e. The van der Waals surface area contributed by atoms with Crippen LogP contribution in [0.2, 0.25) is 0 Å². The first-order valence-electron chi connectivity index (χ1n) is 8.82. The van der Waals surface area contributed by atoms with Crippen molar-refractivity contribution in [3.8, 4) is 17.5 Å². The Kier molecular flexibility index (Phi) is 5.75. The van der Waals surface area contributed by atoms with Crippen LogP contribution in [0.4, 0.5) is 4.39 Å². The van der Waals surface area contributed by atoms with Crippen LogP contribution in [0.3, 0.4) is 0 Å². The number of hydrogen-bond donors (Lipinski definition) is 0. The van der Waals surface area contributed by atoms with Crippen molar-refractivity contribution in [1.82, 2.24) is 4.57 Å². The van der Waals surface area contributed by atoms with Crippen LogP contribution in [-0.4, -0.2) is 17.1 Å². The number of nitrogens with zero attached hydrogens (tertiary/aromatic N) is 2. The van der Waals surface area contributed by atoms with E-state index in [1.165, 1.54) is 28.8 Å². The molecular formula is C22H19FN2O3. The maximum Gasteiger partial charge on any atom is 0.355 e. The van der Waals surface area contributed by atoms with Gasteiger partial charge in [0.05, 0.1) is 6.61 Å². The van der Waals surface area contributed by atoms with Crippen LogP contribution in [0.25, 0.3) is 5.69 Å². The highest BCUT2D eigenvalue weighted by molar-refractivity contribution is 5.92. The molecule has 0 spiro atoms. The van der Waals surface area contributed by atoms with Gasteiger partial charge < -0.3 is 9.47 Å². The van der Waals surface area contributed by atoms with E-state index in [0.29, 0.717) is 17.0 Å². The summed E-state index contributed by atoms with van der Waals surface area (Å²) in [6.45, 7) is 3.84. The molecule has 1 aromatic heterocycles. The Bertz CT molecular complexity index is 1020. The molecule has 2 aromatic carbocycles. The van der Waals surface area contributed by atoms with Crippen LogP contribution in [0.5, 0.6) is 5.75 Å². The summed E-state index contributed by atoms with van der Waals surface area (Å²) in [6.07, 6.45) is 0. The maximum absolute atomic E-state index is 13.4. The minimum Gasteiger partial charge on any atom is -0.486 e. The van der Waals surface area contributed by atoms with Crippen molar-refractivity contribution < 1.29 is 18.7 Å². The molecule has 0 fully saturated rings. The molecule has 0 amide bonds. The zero-order valence-corrected chi connectivity index (χ0v) is 15.6. The highest BCUT2D eigenvalue weighted by Crippen LogP contribution is 2.34. The lowest BCUT2D eigenvalue weighted by molar-refractivity contribution is 0.0516. The van der Waals surface area contributed by atoms with E-state index in [1.807, 2.05) is 30.3 Å². The maximum atomic E-state index is 13.4. The van der Waals surface area contributed by atoms with Crippen molar-refractivity contribution in [3.63, 3.8) is 0 Å². The summed E-state index contributed by atoms with van der Waals surface area (Å²) in [5, 5.41) is 9.78. The van der Waals surface area contributed by atoms with E-state index in [0.717, 1.165) is 5.56 Å². The quantitative estimate of drug-likeness (QED) is 0.590. The Morgan fingerprint density at radius 2 is 1.82 bits per heavy atom. The van der Waals surface area contributed by atoms with Gasteiger partial charge in [-0.05, 0) is 43.7 Å². The molecule has 5 nitrogen and oxygen atoms in total. The van der Waals surface area contributed by atoms with Gasteiger partial charge >= 0.3 is 5.97 Å². The van der Waals surface area contributed by atoms with Gasteiger partial charge in [0.25, 0.3) is 0 Å². The summed E-state index contributed by atoms with van der Waals surface area (Å²) >= 11 is 0. The Labute approximate surface area is 162 Å². The number of aromatic nitrogens is 1. The second-order valence-corrected chi connectivity index (χ2v) is 6.07. The van der Waals surface area contributed by atoms with Crippen molar-refractivity contribution in [2.24, 2.45) is 0 Å². The first kappa shape index (κ1) is 19.2. The fourth-order valence-electron chi connectivity index (χ4n) is 2.97. The summed E-state index contributed by atoms with van der Waals surface area (Å²) in [4.78, 5) is 12.6. The lowest BCUT2D eigenvalue weighted by atomic mass is 10.2. The van der Waals surface area contributed by atoms with Crippen molar-refractivity contribution in [3.05, 3.63) is 82.9 Å². The summed E-state index contributed by atoms with van der Waals surface area (Å²) < 4.78 is 25.9. The van der Waals surface area contributed by atoms with Gasteiger partial charge in [-0.1, -0.05) is 30.3 Å². The van der Waals surface area contributed by atoms with Crippen LogP contribution >= 0.6 is 0 Å². The molecule has 0 saturated carbocycles. The number of nitriles is 1. The van der Waals surface area contributed by atoms with Gasteiger partial charge in [0, 0.05) is 11.3 Å². The second kappa shape index (κ2) is 8.40. The number of benzene rings is 2. The fraction of sp³-hybridized carbons (Fsp3) is 0.182. The van der Waals surface area contributed by atoms with Gasteiger partial charge in [-0.2, -0.15) is 5.26 Å². The molecule has 0 unspecified atom stereocenters. The lowest BCUT2D eigenvalue weighted by Gasteiger charge is -2.10. The standard InChI is InChI=1S/C22H19FN2O3/c1-3-27-22(26)20-15(2)21(28-14-16-7-5-4-6-8-16)19(13-24)25(20)18-11-9-17(23)10-12-18/h4-12H,3,14H2,1-2H3. The summed E-state index contributed by atoms with van der Waals surface area (Å²) in [5.41, 5.74) is 2.24. The molecule has 28 heavy (non-hydrogen) atoms. The first-order chi connectivity index (χ1) is 13.6. The Hall–Kier alpha value is -3.59. The van der Waals surface area contributed by atoms with E-state index in [1.54, 1.807) is 13.8 Å².